The largest absolute Gasteiger partial charge is 0.489 e. The Morgan fingerprint density at radius 1 is 0.944 bits per heavy atom. The Morgan fingerprint density at radius 2 is 1.72 bits per heavy atom. The van der Waals surface area contributed by atoms with E-state index in [1.54, 1.807) is 24.3 Å². The van der Waals surface area contributed by atoms with E-state index in [0.29, 0.717) is 15.8 Å². The first-order chi connectivity index (χ1) is 8.56. The molecule has 0 unspecified atom stereocenters. The van der Waals surface area contributed by atoms with Crippen LogP contribution < -0.4 is 4.74 Å². The number of hydrogen-bond acceptors (Lipinski definition) is 1. The van der Waals surface area contributed by atoms with Gasteiger partial charge in [0.05, 0.1) is 4.47 Å². The summed E-state index contributed by atoms with van der Waals surface area (Å²) in [7, 11) is 0. The van der Waals surface area contributed by atoms with E-state index in [2.05, 4.69) is 31.9 Å². The molecule has 1 nitrogen and oxygen atoms in total. The molecule has 0 radical (unpaired) electrons. The van der Waals surface area contributed by atoms with E-state index < -0.39 is 5.82 Å². The van der Waals surface area contributed by atoms with E-state index >= 15 is 0 Å². The van der Waals surface area contributed by atoms with Gasteiger partial charge in [-0.05, 0) is 46.3 Å². The Labute approximate surface area is 120 Å². The molecule has 0 aliphatic heterocycles. The predicted octanol–water partition coefficient (Wildman–Crippen LogP) is 5.07. The van der Waals surface area contributed by atoms with Crippen molar-refractivity contribution in [2.75, 3.05) is 0 Å². The normalized spacial score (nSPS) is 10.4. The molecule has 2 rings (SSSR count). The van der Waals surface area contributed by atoms with Crippen molar-refractivity contribution in [2.24, 2.45) is 0 Å². The fourth-order valence-electron chi connectivity index (χ4n) is 1.38. The number of benzene rings is 2. The average molecular weight is 378 g/mol. The lowest BCUT2D eigenvalue weighted by atomic mass is 10.2. The Bertz CT molecular complexity index is 573. The summed E-state index contributed by atoms with van der Waals surface area (Å²) in [5.41, 5.74) is 0.410. The highest BCUT2D eigenvalue weighted by Crippen LogP contribution is 2.22. The molecule has 0 atom stereocenters. The molecule has 0 amide bonds. The van der Waals surface area contributed by atoms with E-state index in [9.17, 15) is 8.78 Å². The van der Waals surface area contributed by atoms with E-state index in [1.807, 2.05) is 0 Å². The summed E-state index contributed by atoms with van der Waals surface area (Å²) >= 11 is 6.31. The molecule has 0 N–H and O–H groups in total. The van der Waals surface area contributed by atoms with Gasteiger partial charge in [0.2, 0.25) is 0 Å². The maximum absolute atomic E-state index is 13.4. The zero-order valence-corrected chi connectivity index (χ0v) is 12.3. The maximum Gasteiger partial charge on any atom is 0.141 e. The molecule has 0 fully saturated rings. The van der Waals surface area contributed by atoms with Gasteiger partial charge in [-0.25, -0.2) is 8.78 Å². The minimum Gasteiger partial charge on any atom is -0.489 e. The van der Waals surface area contributed by atoms with Crippen LogP contribution in [-0.2, 0) is 6.61 Å². The molecule has 2 aromatic rings. The molecular formula is C13H8Br2F2O. The van der Waals surface area contributed by atoms with E-state index in [1.165, 1.54) is 12.1 Å². The molecule has 0 saturated heterocycles. The first-order valence-corrected chi connectivity index (χ1v) is 6.66. The Hall–Kier alpha value is -0.940. The van der Waals surface area contributed by atoms with Gasteiger partial charge in [-0.3, -0.25) is 0 Å². The lowest BCUT2D eigenvalue weighted by Gasteiger charge is -2.08. The first-order valence-electron chi connectivity index (χ1n) is 5.08. The zero-order chi connectivity index (χ0) is 13.1. The van der Waals surface area contributed by atoms with Crippen LogP contribution in [0.4, 0.5) is 8.78 Å². The second-order valence-corrected chi connectivity index (χ2v) is 5.37. The van der Waals surface area contributed by atoms with Gasteiger partial charge in [-0.2, -0.15) is 0 Å². The average Bonchev–Trinajstić information content (AvgIpc) is 2.34. The van der Waals surface area contributed by atoms with Gasteiger partial charge in [-0.1, -0.05) is 15.9 Å². The second-order valence-electron chi connectivity index (χ2n) is 3.60. The highest BCUT2D eigenvalue weighted by atomic mass is 79.9. The molecule has 0 heterocycles. The van der Waals surface area contributed by atoms with Crippen LogP contribution in [0, 0.1) is 11.6 Å². The lowest BCUT2D eigenvalue weighted by Crippen LogP contribution is -1.99. The fourth-order valence-corrected chi connectivity index (χ4v) is 2.04. The Balaban J connectivity index is 2.11. The Kier molecular flexibility index (Phi) is 4.35. The predicted molar refractivity (Wildman–Crippen MR) is 72.5 cm³/mol. The van der Waals surface area contributed by atoms with Crippen LogP contribution in [0.1, 0.15) is 5.56 Å². The van der Waals surface area contributed by atoms with Crippen LogP contribution in [0.5, 0.6) is 5.75 Å². The SMILES string of the molecule is Fc1cc(OCc2cc(Br)ccc2F)ccc1Br. The van der Waals surface area contributed by atoms with Crippen molar-refractivity contribution in [3.8, 4) is 5.75 Å². The van der Waals surface area contributed by atoms with Crippen LogP contribution in [0.2, 0.25) is 0 Å². The van der Waals surface area contributed by atoms with Gasteiger partial charge in [0.1, 0.15) is 24.0 Å². The zero-order valence-electron chi connectivity index (χ0n) is 9.09. The summed E-state index contributed by atoms with van der Waals surface area (Å²) in [5.74, 6) is -0.409. The minimum atomic E-state index is -0.415. The third-order valence-corrected chi connectivity index (χ3v) is 3.43. The van der Waals surface area contributed by atoms with Crippen LogP contribution in [-0.4, -0.2) is 0 Å². The molecule has 0 spiro atoms. The highest BCUT2D eigenvalue weighted by molar-refractivity contribution is 9.10. The summed E-state index contributed by atoms with van der Waals surface area (Å²) in [5, 5.41) is 0. The van der Waals surface area contributed by atoms with Crippen molar-refractivity contribution in [3.05, 3.63) is 62.5 Å². The van der Waals surface area contributed by atoms with E-state index in [4.69, 9.17) is 4.74 Å². The molecule has 2 aromatic carbocycles. The van der Waals surface area contributed by atoms with Gasteiger partial charge >= 0.3 is 0 Å². The molecule has 94 valence electrons. The van der Waals surface area contributed by atoms with Gasteiger partial charge < -0.3 is 4.74 Å². The van der Waals surface area contributed by atoms with Crippen LogP contribution in [0.25, 0.3) is 0 Å². The molecule has 0 aliphatic carbocycles. The maximum atomic E-state index is 13.4. The van der Waals surface area contributed by atoms with E-state index in [0.717, 1.165) is 4.47 Å². The molecule has 0 saturated carbocycles. The van der Waals surface area contributed by atoms with Crippen LogP contribution in [0.15, 0.2) is 45.3 Å². The monoisotopic (exact) mass is 376 g/mol. The van der Waals surface area contributed by atoms with Gasteiger partial charge in [-0.15, -0.1) is 0 Å². The van der Waals surface area contributed by atoms with Crippen molar-refractivity contribution in [1.29, 1.82) is 0 Å². The number of hydrogen-bond donors (Lipinski definition) is 0. The van der Waals surface area contributed by atoms with Gasteiger partial charge in [0.15, 0.2) is 0 Å². The summed E-state index contributed by atoms with van der Waals surface area (Å²) in [4.78, 5) is 0. The third-order valence-electron chi connectivity index (χ3n) is 2.29. The summed E-state index contributed by atoms with van der Waals surface area (Å²) in [6.45, 7) is 0.0480. The lowest BCUT2D eigenvalue weighted by molar-refractivity contribution is 0.298. The van der Waals surface area contributed by atoms with Crippen LogP contribution >= 0.6 is 31.9 Å². The Morgan fingerprint density at radius 3 is 2.44 bits per heavy atom. The molecule has 0 aliphatic rings. The minimum absolute atomic E-state index is 0.0480. The van der Waals surface area contributed by atoms with E-state index in [-0.39, 0.29) is 12.4 Å². The smallest absolute Gasteiger partial charge is 0.141 e. The van der Waals surface area contributed by atoms with Crippen molar-refractivity contribution in [1.82, 2.24) is 0 Å². The first kappa shape index (κ1) is 13.5. The summed E-state index contributed by atoms with van der Waals surface area (Å²) < 4.78 is 33.1. The second kappa shape index (κ2) is 5.80. The summed E-state index contributed by atoms with van der Waals surface area (Å²) in [6.07, 6.45) is 0. The highest BCUT2D eigenvalue weighted by Gasteiger charge is 2.05. The molecule has 18 heavy (non-hydrogen) atoms. The molecule has 0 bridgehead atoms. The number of ether oxygens (including phenoxy) is 1. The quantitative estimate of drug-likeness (QED) is 0.725. The van der Waals surface area contributed by atoms with Crippen molar-refractivity contribution in [2.45, 2.75) is 6.61 Å². The molecule has 5 heteroatoms. The number of rotatable bonds is 3. The summed E-state index contributed by atoms with van der Waals surface area (Å²) in [6, 6.07) is 9.00. The molecule has 0 aromatic heterocycles. The molecular weight excluding hydrogens is 370 g/mol. The van der Waals surface area contributed by atoms with Crippen molar-refractivity contribution >= 4 is 31.9 Å². The van der Waals surface area contributed by atoms with Gasteiger partial charge in [0, 0.05) is 16.1 Å². The van der Waals surface area contributed by atoms with Crippen LogP contribution in [0.3, 0.4) is 0 Å². The third kappa shape index (κ3) is 3.29. The number of halogens is 4. The topological polar surface area (TPSA) is 9.23 Å². The van der Waals surface area contributed by atoms with Gasteiger partial charge in [0.25, 0.3) is 0 Å². The fraction of sp³-hybridized carbons (Fsp3) is 0.0769. The standard InChI is InChI=1S/C13H8Br2F2O/c14-9-1-4-12(16)8(5-9)7-18-10-2-3-11(15)13(17)6-10/h1-6H,7H2. The van der Waals surface area contributed by atoms with Crippen molar-refractivity contribution < 1.29 is 13.5 Å². The van der Waals surface area contributed by atoms with Crippen molar-refractivity contribution in [3.63, 3.8) is 0 Å².